The number of ether oxygens (including phenoxy) is 1. The fourth-order valence-corrected chi connectivity index (χ4v) is 4.85. The largest absolute Gasteiger partial charge is 0.496 e. The van der Waals surface area contributed by atoms with Gasteiger partial charge in [-0.2, -0.15) is 0 Å². The summed E-state index contributed by atoms with van der Waals surface area (Å²) in [7, 11) is 1.77. The molecule has 0 unspecified atom stereocenters. The van der Waals surface area contributed by atoms with Crippen molar-refractivity contribution in [3.05, 3.63) is 120 Å². The third-order valence-electron chi connectivity index (χ3n) is 6.33. The second-order valence-corrected chi connectivity index (χ2v) is 8.14. The van der Waals surface area contributed by atoms with Crippen LogP contribution in [-0.4, -0.2) is 7.11 Å². The lowest BCUT2D eigenvalue weighted by Crippen LogP contribution is -1.93. The van der Waals surface area contributed by atoms with Crippen molar-refractivity contribution in [1.82, 2.24) is 0 Å². The molecule has 0 aliphatic carbocycles. The second-order valence-electron chi connectivity index (χ2n) is 8.14. The molecule has 0 saturated carbocycles. The molecule has 0 heterocycles. The molecular weight excluding hydrogens is 388 g/mol. The monoisotopic (exact) mass is 410 g/mol. The molecule has 0 bridgehead atoms. The predicted octanol–water partition coefficient (Wildman–Crippen LogP) is 8.44. The minimum atomic E-state index is 0.875. The van der Waals surface area contributed by atoms with Gasteiger partial charge in [-0.25, -0.2) is 0 Å². The maximum Gasteiger partial charge on any atom is 0.127 e. The molecule has 0 aliphatic rings. The van der Waals surface area contributed by atoms with Crippen molar-refractivity contribution in [2.75, 3.05) is 7.11 Å². The average molecular weight is 411 g/mol. The maximum atomic E-state index is 6.12. The topological polar surface area (TPSA) is 9.23 Å². The zero-order chi connectivity index (χ0) is 21.5. The van der Waals surface area contributed by atoms with E-state index in [1.54, 1.807) is 7.11 Å². The normalized spacial score (nSPS) is 12.1. The van der Waals surface area contributed by atoms with E-state index in [4.69, 9.17) is 4.74 Å². The van der Waals surface area contributed by atoms with Crippen LogP contribution in [-0.2, 0) is 4.74 Å². The lowest BCUT2D eigenvalue weighted by Gasteiger charge is -2.16. The highest BCUT2D eigenvalue weighted by Gasteiger charge is 2.14. The van der Waals surface area contributed by atoms with Gasteiger partial charge in [0.25, 0.3) is 0 Å². The molecule has 152 valence electrons. The molecule has 0 atom stereocenters. The smallest absolute Gasteiger partial charge is 0.127 e. The fraction of sp³-hybridized carbons (Fsp3) is 0.0323. The van der Waals surface area contributed by atoms with Gasteiger partial charge in [0.1, 0.15) is 5.76 Å². The van der Waals surface area contributed by atoms with Crippen LogP contribution in [0.1, 0.15) is 11.1 Å². The summed E-state index contributed by atoms with van der Waals surface area (Å²) in [4.78, 5) is 0. The van der Waals surface area contributed by atoms with Crippen LogP contribution in [0.25, 0.3) is 54.9 Å². The first kappa shape index (κ1) is 18.7. The van der Waals surface area contributed by atoms with Crippen molar-refractivity contribution in [2.24, 2.45) is 0 Å². The number of methoxy groups -OCH3 is 1. The van der Waals surface area contributed by atoms with E-state index in [1.807, 2.05) is 0 Å². The maximum absolute atomic E-state index is 6.12. The highest BCUT2D eigenvalue weighted by atomic mass is 16.5. The number of rotatable bonds is 3. The van der Waals surface area contributed by atoms with E-state index in [1.165, 1.54) is 48.7 Å². The minimum absolute atomic E-state index is 0.875. The Labute approximate surface area is 187 Å². The lowest BCUT2D eigenvalue weighted by atomic mass is 9.92. The van der Waals surface area contributed by atoms with Crippen LogP contribution in [0.4, 0.5) is 0 Å². The SMILES string of the molecule is CO/C(=C/c1c2ccccc2cc2ccccc12)c1c2ccccc2cc2ccccc12. The highest BCUT2D eigenvalue weighted by molar-refractivity contribution is 6.13. The van der Waals surface area contributed by atoms with Crippen LogP contribution in [0.3, 0.4) is 0 Å². The molecule has 6 aromatic rings. The number of hydrogen-bond donors (Lipinski definition) is 0. The molecule has 0 fully saturated rings. The number of benzene rings is 6. The van der Waals surface area contributed by atoms with Crippen molar-refractivity contribution in [3.8, 4) is 0 Å². The molecule has 32 heavy (non-hydrogen) atoms. The van der Waals surface area contributed by atoms with E-state index in [9.17, 15) is 0 Å². The summed E-state index contributed by atoms with van der Waals surface area (Å²) in [6.45, 7) is 0. The summed E-state index contributed by atoms with van der Waals surface area (Å²) in [6.07, 6.45) is 2.22. The van der Waals surface area contributed by atoms with Crippen LogP contribution in [0, 0.1) is 0 Å². The van der Waals surface area contributed by atoms with Crippen molar-refractivity contribution in [2.45, 2.75) is 0 Å². The van der Waals surface area contributed by atoms with Gasteiger partial charge in [0.2, 0.25) is 0 Å². The van der Waals surface area contributed by atoms with Crippen LogP contribution < -0.4 is 0 Å². The summed E-state index contributed by atoms with van der Waals surface area (Å²) in [5, 5.41) is 9.74. The summed E-state index contributed by atoms with van der Waals surface area (Å²) in [5.74, 6) is 0.875. The van der Waals surface area contributed by atoms with Crippen molar-refractivity contribution < 1.29 is 4.74 Å². The Morgan fingerprint density at radius 2 is 0.906 bits per heavy atom. The van der Waals surface area contributed by atoms with E-state index >= 15 is 0 Å². The first-order valence-corrected chi connectivity index (χ1v) is 10.9. The van der Waals surface area contributed by atoms with Gasteiger partial charge in [0, 0.05) is 5.56 Å². The number of hydrogen-bond acceptors (Lipinski definition) is 1. The Hall–Kier alpha value is -4.10. The molecule has 0 spiro atoms. The Morgan fingerprint density at radius 3 is 1.34 bits per heavy atom. The fourth-order valence-electron chi connectivity index (χ4n) is 4.85. The summed E-state index contributed by atoms with van der Waals surface area (Å²) in [5.41, 5.74) is 2.32. The third-order valence-corrected chi connectivity index (χ3v) is 6.33. The van der Waals surface area contributed by atoms with E-state index in [0.29, 0.717) is 0 Å². The van der Waals surface area contributed by atoms with Crippen LogP contribution in [0.2, 0.25) is 0 Å². The van der Waals surface area contributed by atoms with E-state index < -0.39 is 0 Å². The van der Waals surface area contributed by atoms with Gasteiger partial charge < -0.3 is 4.74 Å². The zero-order valence-corrected chi connectivity index (χ0v) is 17.9. The molecule has 6 aromatic carbocycles. The van der Waals surface area contributed by atoms with Gasteiger partial charge >= 0.3 is 0 Å². The van der Waals surface area contributed by atoms with Crippen molar-refractivity contribution in [3.63, 3.8) is 0 Å². The second kappa shape index (κ2) is 7.55. The average Bonchev–Trinajstić information content (AvgIpc) is 2.85. The van der Waals surface area contributed by atoms with Crippen LogP contribution in [0.15, 0.2) is 109 Å². The van der Waals surface area contributed by atoms with Gasteiger partial charge in [-0.05, 0) is 66.9 Å². The molecule has 0 aromatic heterocycles. The van der Waals surface area contributed by atoms with Gasteiger partial charge in [-0.15, -0.1) is 0 Å². The van der Waals surface area contributed by atoms with Crippen LogP contribution in [0.5, 0.6) is 0 Å². The molecule has 0 radical (unpaired) electrons. The van der Waals surface area contributed by atoms with Crippen molar-refractivity contribution >= 4 is 54.9 Å². The quantitative estimate of drug-likeness (QED) is 0.162. The van der Waals surface area contributed by atoms with Crippen molar-refractivity contribution in [1.29, 1.82) is 0 Å². The Balaban J connectivity index is 1.75. The molecular formula is C31H22O. The molecule has 0 amide bonds. The molecule has 1 heteroatoms. The lowest BCUT2D eigenvalue weighted by molar-refractivity contribution is 0.374. The Bertz CT molecular complexity index is 1550. The molecule has 1 nitrogen and oxygen atoms in total. The van der Waals surface area contributed by atoms with E-state index in [-0.39, 0.29) is 0 Å². The summed E-state index contributed by atoms with van der Waals surface area (Å²) < 4.78 is 6.12. The van der Waals surface area contributed by atoms with Gasteiger partial charge in [-0.3, -0.25) is 0 Å². The minimum Gasteiger partial charge on any atom is -0.496 e. The standard InChI is InChI=1S/C31H22O/c1-32-30(31-27-16-8-4-12-23(27)19-24-13-5-9-17-28(24)31)20-29-25-14-6-2-10-21(25)18-22-11-3-7-15-26(22)29/h2-20H,1H3/b30-20+. The molecule has 0 saturated heterocycles. The Kier molecular flexibility index (Phi) is 4.40. The molecule has 0 N–H and O–H groups in total. The number of fused-ring (bicyclic) bond motifs is 4. The van der Waals surface area contributed by atoms with Gasteiger partial charge in [-0.1, -0.05) is 97.1 Å². The first-order valence-electron chi connectivity index (χ1n) is 10.9. The van der Waals surface area contributed by atoms with E-state index in [0.717, 1.165) is 11.3 Å². The van der Waals surface area contributed by atoms with E-state index in [2.05, 4.69) is 115 Å². The molecule has 0 aliphatic heterocycles. The van der Waals surface area contributed by atoms with Gasteiger partial charge in [0.05, 0.1) is 7.11 Å². The van der Waals surface area contributed by atoms with Crippen LogP contribution >= 0.6 is 0 Å². The zero-order valence-electron chi connectivity index (χ0n) is 17.9. The predicted molar refractivity (Wildman–Crippen MR) is 138 cm³/mol. The first-order chi connectivity index (χ1) is 15.8. The summed E-state index contributed by atoms with van der Waals surface area (Å²) >= 11 is 0. The third kappa shape index (κ3) is 2.94. The van der Waals surface area contributed by atoms with Gasteiger partial charge in [0.15, 0.2) is 0 Å². The molecule has 6 rings (SSSR count). The highest BCUT2D eigenvalue weighted by Crippen LogP contribution is 2.37. The Morgan fingerprint density at radius 1 is 0.531 bits per heavy atom. The summed E-state index contributed by atoms with van der Waals surface area (Å²) in [6, 6.07) is 38.8.